The summed E-state index contributed by atoms with van der Waals surface area (Å²) in [5.74, 6) is 2.02. The van der Waals surface area contributed by atoms with Crippen LogP contribution in [0.4, 0.5) is 11.5 Å². The van der Waals surface area contributed by atoms with Gasteiger partial charge in [0.2, 0.25) is 12.6 Å². The van der Waals surface area contributed by atoms with Crippen molar-refractivity contribution < 1.29 is 19.1 Å². The Kier molecular flexibility index (Phi) is 6.18. The topological polar surface area (TPSA) is 116 Å². The monoisotopic (exact) mass is 564 g/mol. The molecule has 2 aromatic carbocycles. The van der Waals surface area contributed by atoms with Crippen LogP contribution in [0.5, 0.6) is 23.1 Å². The normalized spacial score (nSPS) is 15.2. The molecule has 0 bridgehead atoms. The second kappa shape index (κ2) is 9.79. The quantitative estimate of drug-likeness (QED) is 0.244. The third-order valence-corrected chi connectivity index (χ3v) is 7.04. The van der Waals surface area contributed by atoms with Gasteiger partial charge in [-0.1, -0.05) is 28.1 Å². The number of ether oxygens (including phenoxy) is 3. The van der Waals surface area contributed by atoms with Gasteiger partial charge in [0.25, 0.3) is 0 Å². The average Bonchev–Trinajstić information content (AvgIpc) is 3.39. The highest BCUT2D eigenvalue weighted by Crippen LogP contribution is 2.39. The van der Waals surface area contributed by atoms with Crippen molar-refractivity contribution in [3.63, 3.8) is 0 Å². The van der Waals surface area contributed by atoms with Gasteiger partial charge < -0.3 is 19.1 Å². The highest BCUT2D eigenvalue weighted by atomic mass is 79.9. The largest absolute Gasteiger partial charge is 0.454 e. The van der Waals surface area contributed by atoms with Gasteiger partial charge in [-0.3, -0.25) is 20.0 Å². The number of rotatable bonds is 6. The van der Waals surface area contributed by atoms with E-state index >= 15 is 0 Å². The molecule has 1 saturated heterocycles. The number of hydrogen-bond donors (Lipinski definition) is 0. The van der Waals surface area contributed by atoms with Gasteiger partial charge in [-0.25, -0.2) is 4.98 Å². The summed E-state index contributed by atoms with van der Waals surface area (Å²) in [6.45, 7) is 3.57. The Morgan fingerprint density at radius 2 is 1.86 bits per heavy atom. The lowest BCUT2D eigenvalue weighted by molar-refractivity contribution is -0.385. The summed E-state index contributed by atoms with van der Waals surface area (Å²) in [6, 6.07) is 13.2. The molecule has 2 aromatic heterocycles. The Hall–Kier alpha value is -4.03. The van der Waals surface area contributed by atoms with E-state index in [1.54, 1.807) is 12.3 Å². The van der Waals surface area contributed by atoms with Gasteiger partial charge in [-0.05, 0) is 35.9 Å². The fraction of sp³-hybridized carbons (Fsp3) is 0.240. The van der Waals surface area contributed by atoms with Crippen LogP contribution >= 0.6 is 15.9 Å². The molecule has 37 heavy (non-hydrogen) atoms. The Morgan fingerprint density at radius 3 is 2.70 bits per heavy atom. The van der Waals surface area contributed by atoms with E-state index in [-0.39, 0.29) is 24.2 Å². The average molecular weight is 565 g/mol. The molecule has 11 nitrogen and oxygen atoms in total. The first-order valence-electron chi connectivity index (χ1n) is 11.6. The second-order valence-corrected chi connectivity index (χ2v) is 9.46. The minimum atomic E-state index is -0.488. The predicted molar refractivity (Wildman–Crippen MR) is 138 cm³/mol. The number of anilines is 1. The number of nitro groups is 1. The highest BCUT2D eigenvalue weighted by molar-refractivity contribution is 9.10. The minimum Gasteiger partial charge on any atom is -0.454 e. The molecule has 0 saturated carbocycles. The molecule has 12 heteroatoms. The number of pyridine rings is 1. The predicted octanol–water partition coefficient (Wildman–Crippen LogP) is 4.54. The first-order valence-corrected chi connectivity index (χ1v) is 12.4. The summed E-state index contributed by atoms with van der Waals surface area (Å²) < 4.78 is 17.7. The van der Waals surface area contributed by atoms with E-state index in [4.69, 9.17) is 14.2 Å². The summed E-state index contributed by atoms with van der Waals surface area (Å²) in [6.07, 6.45) is 2.94. The van der Waals surface area contributed by atoms with Gasteiger partial charge in [0, 0.05) is 48.8 Å². The smallest absolute Gasteiger partial charge is 0.373 e. The zero-order valence-electron chi connectivity index (χ0n) is 19.5. The first kappa shape index (κ1) is 23.4. The van der Waals surface area contributed by atoms with E-state index in [2.05, 4.69) is 35.8 Å². The van der Waals surface area contributed by atoms with E-state index in [1.807, 2.05) is 41.3 Å². The standard InChI is InChI=1S/C25H21BrN6O5/c26-18-4-6-20(22-17(18)2-1-7-27-22)37-25-23(32(33)34)24(28-14-29-25)31-10-8-30(9-11-31)13-16-3-5-19-21(12-16)36-15-35-19/h1-7,12,14H,8-11,13,15H2. The summed E-state index contributed by atoms with van der Waals surface area (Å²) >= 11 is 3.50. The molecule has 0 unspecified atom stereocenters. The Bertz CT molecular complexity index is 1490. The van der Waals surface area contributed by atoms with Crippen LogP contribution in [0.2, 0.25) is 0 Å². The van der Waals surface area contributed by atoms with Crippen molar-refractivity contribution in [1.29, 1.82) is 0 Å². The van der Waals surface area contributed by atoms with Crippen molar-refractivity contribution in [2.45, 2.75) is 6.54 Å². The minimum absolute atomic E-state index is 0.118. The Morgan fingerprint density at radius 1 is 1.03 bits per heavy atom. The maximum absolute atomic E-state index is 12.2. The SMILES string of the molecule is O=[N+]([O-])c1c(Oc2ccc(Br)c3cccnc23)ncnc1N1CCN(Cc2ccc3c(c2)OCO3)CC1. The van der Waals surface area contributed by atoms with Gasteiger partial charge >= 0.3 is 11.6 Å². The van der Waals surface area contributed by atoms with Crippen molar-refractivity contribution in [3.8, 4) is 23.1 Å². The second-order valence-electron chi connectivity index (χ2n) is 8.61. The lowest BCUT2D eigenvalue weighted by atomic mass is 10.1. The highest BCUT2D eigenvalue weighted by Gasteiger charge is 2.31. The molecule has 6 rings (SSSR count). The van der Waals surface area contributed by atoms with Crippen molar-refractivity contribution >= 4 is 38.3 Å². The maximum atomic E-state index is 12.2. The van der Waals surface area contributed by atoms with Crippen molar-refractivity contribution in [2.75, 3.05) is 37.9 Å². The van der Waals surface area contributed by atoms with Crippen LogP contribution in [0.15, 0.2) is 59.5 Å². The zero-order valence-corrected chi connectivity index (χ0v) is 21.1. The van der Waals surface area contributed by atoms with Gasteiger partial charge in [-0.15, -0.1) is 0 Å². The van der Waals surface area contributed by atoms with Crippen LogP contribution in [-0.2, 0) is 6.54 Å². The van der Waals surface area contributed by atoms with Crippen LogP contribution in [-0.4, -0.2) is 57.7 Å². The Labute approximate surface area is 219 Å². The molecule has 0 aliphatic carbocycles. The summed E-state index contributed by atoms with van der Waals surface area (Å²) in [5, 5.41) is 13.0. The molecular formula is C25H21BrN6O5. The molecule has 0 N–H and O–H groups in total. The maximum Gasteiger partial charge on any atom is 0.373 e. The van der Waals surface area contributed by atoms with Crippen LogP contribution < -0.4 is 19.1 Å². The molecule has 0 amide bonds. The van der Waals surface area contributed by atoms with Gasteiger partial charge in [0.1, 0.15) is 11.8 Å². The van der Waals surface area contributed by atoms with Gasteiger partial charge in [0.15, 0.2) is 17.2 Å². The molecule has 4 heterocycles. The number of hydrogen-bond acceptors (Lipinski definition) is 10. The lowest BCUT2D eigenvalue weighted by Gasteiger charge is -2.35. The zero-order chi connectivity index (χ0) is 25.4. The molecule has 2 aliphatic rings. The fourth-order valence-electron chi connectivity index (χ4n) is 4.53. The summed E-state index contributed by atoms with van der Waals surface area (Å²) in [7, 11) is 0. The molecule has 188 valence electrons. The molecule has 1 fully saturated rings. The molecular weight excluding hydrogens is 544 g/mol. The third kappa shape index (κ3) is 4.60. The number of halogens is 1. The van der Waals surface area contributed by atoms with Crippen LogP contribution in [0, 0.1) is 10.1 Å². The molecule has 2 aliphatic heterocycles. The molecule has 0 radical (unpaired) electrons. The fourth-order valence-corrected chi connectivity index (χ4v) is 4.99. The Balaban J connectivity index is 1.21. The van der Waals surface area contributed by atoms with Gasteiger partial charge in [-0.2, -0.15) is 4.98 Å². The molecule has 0 spiro atoms. The van der Waals surface area contributed by atoms with E-state index in [1.165, 1.54) is 6.33 Å². The van der Waals surface area contributed by atoms with Crippen LogP contribution in [0.1, 0.15) is 5.56 Å². The van der Waals surface area contributed by atoms with E-state index in [0.717, 1.165) is 33.5 Å². The number of nitrogens with zero attached hydrogens (tertiary/aromatic N) is 6. The third-order valence-electron chi connectivity index (χ3n) is 6.35. The van der Waals surface area contributed by atoms with Gasteiger partial charge in [0.05, 0.1) is 4.92 Å². The van der Waals surface area contributed by atoms with Crippen molar-refractivity contribution in [2.24, 2.45) is 0 Å². The first-order chi connectivity index (χ1) is 18.1. The van der Waals surface area contributed by atoms with Crippen LogP contribution in [0.3, 0.4) is 0 Å². The number of benzene rings is 2. The van der Waals surface area contributed by atoms with Crippen molar-refractivity contribution in [1.82, 2.24) is 19.9 Å². The van der Waals surface area contributed by atoms with Crippen molar-refractivity contribution in [3.05, 3.63) is 75.1 Å². The van der Waals surface area contributed by atoms with E-state index < -0.39 is 4.92 Å². The molecule has 0 atom stereocenters. The lowest BCUT2D eigenvalue weighted by Crippen LogP contribution is -2.46. The number of aromatic nitrogens is 3. The summed E-state index contributed by atoms with van der Waals surface area (Å²) in [5.41, 5.74) is 1.43. The van der Waals surface area contributed by atoms with Crippen LogP contribution in [0.25, 0.3) is 10.9 Å². The summed E-state index contributed by atoms with van der Waals surface area (Å²) in [4.78, 5) is 28.6. The van der Waals surface area contributed by atoms with E-state index in [0.29, 0.717) is 37.4 Å². The van der Waals surface area contributed by atoms with E-state index in [9.17, 15) is 10.1 Å². The molecule has 4 aromatic rings. The number of fused-ring (bicyclic) bond motifs is 2. The number of piperazine rings is 1.